The monoisotopic (exact) mass is 464 g/mol. The van der Waals surface area contributed by atoms with Crippen molar-refractivity contribution in [2.24, 2.45) is 0 Å². The second kappa shape index (κ2) is 12.1. The SMILES string of the molecule is CC(C)c1sc(-c2ccccc2)c(-c2cccs2)c1/C=C/[C@@H](O)C[C@@H](O)CC(=O)[O-].[Na+]. The Hall–Kier alpha value is -1.25. The number of carboxylic acids is 1. The van der Waals surface area contributed by atoms with E-state index in [4.69, 9.17) is 0 Å². The molecule has 3 aromatic rings. The van der Waals surface area contributed by atoms with Crippen LogP contribution in [0.25, 0.3) is 27.0 Å². The first-order valence-corrected chi connectivity index (χ1v) is 11.6. The molecule has 2 N–H and O–H groups in total. The van der Waals surface area contributed by atoms with E-state index in [1.54, 1.807) is 28.7 Å². The smallest absolute Gasteiger partial charge is 0.550 e. The second-order valence-electron chi connectivity index (χ2n) is 7.47. The van der Waals surface area contributed by atoms with E-state index in [0.717, 1.165) is 21.6 Å². The molecule has 2 atom stereocenters. The number of thiophene rings is 2. The van der Waals surface area contributed by atoms with Crippen molar-refractivity contribution in [3.63, 3.8) is 0 Å². The number of hydrogen-bond donors (Lipinski definition) is 2. The van der Waals surface area contributed by atoms with Crippen molar-refractivity contribution in [2.45, 2.75) is 44.8 Å². The number of benzene rings is 1. The molecule has 0 unspecified atom stereocenters. The molecule has 0 saturated heterocycles. The number of hydrogen-bond acceptors (Lipinski definition) is 6. The number of rotatable bonds is 9. The standard InChI is InChI=1S/C24H26O4S2.Na/c1-15(2)23-19(11-10-17(25)13-18(26)14-21(27)28)22(20-9-6-12-29-20)24(30-23)16-7-4-3-5-8-16;/h3-12,15,17-18,25-26H,13-14H2,1-2H3,(H,27,28);/q;+1/p-1/b11-10+;/t17-,18-;/m1./s1. The number of carbonyl (C=O) groups is 1. The summed E-state index contributed by atoms with van der Waals surface area (Å²) in [4.78, 5) is 14.2. The third-order valence-electron chi connectivity index (χ3n) is 4.70. The molecule has 31 heavy (non-hydrogen) atoms. The molecule has 2 heterocycles. The Morgan fingerprint density at radius 1 is 1.13 bits per heavy atom. The van der Waals surface area contributed by atoms with Gasteiger partial charge in [-0.25, -0.2) is 0 Å². The van der Waals surface area contributed by atoms with E-state index < -0.39 is 24.6 Å². The average molecular weight is 465 g/mol. The summed E-state index contributed by atoms with van der Waals surface area (Å²) in [6.07, 6.45) is 0.918. The van der Waals surface area contributed by atoms with Crippen LogP contribution >= 0.6 is 22.7 Å². The van der Waals surface area contributed by atoms with Crippen molar-refractivity contribution < 1.29 is 49.7 Å². The molecule has 0 amide bonds. The molecule has 0 fully saturated rings. The molecule has 7 heteroatoms. The molecule has 4 nitrogen and oxygen atoms in total. The van der Waals surface area contributed by atoms with E-state index in [2.05, 4.69) is 37.4 Å². The summed E-state index contributed by atoms with van der Waals surface area (Å²) in [5.41, 5.74) is 3.35. The van der Waals surface area contributed by atoms with Crippen molar-refractivity contribution in [3.8, 4) is 20.9 Å². The van der Waals surface area contributed by atoms with E-state index >= 15 is 0 Å². The Morgan fingerprint density at radius 3 is 2.42 bits per heavy atom. The van der Waals surface area contributed by atoms with Crippen LogP contribution < -0.4 is 34.7 Å². The summed E-state index contributed by atoms with van der Waals surface area (Å²) in [7, 11) is 0. The number of aliphatic hydroxyl groups is 2. The van der Waals surface area contributed by atoms with E-state index in [9.17, 15) is 20.1 Å². The fourth-order valence-corrected chi connectivity index (χ4v) is 5.52. The molecule has 3 rings (SSSR count). The van der Waals surface area contributed by atoms with Crippen LogP contribution in [0.3, 0.4) is 0 Å². The molecule has 0 aliphatic rings. The maximum absolute atomic E-state index is 10.6. The third-order valence-corrected chi connectivity index (χ3v) is 7.15. The summed E-state index contributed by atoms with van der Waals surface area (Å²) in [5.74, 6) is -1.03. The topological polar surface area (TPSA) is 80.6 Å². The number of aliphatic hydroxyl groups excluding tert-OH is 2. The van der Waals surface area contributed by atoms with Gasteiger partial charge in [-0.15, -0.1) is 22.7 Å². The van der Waals surface area contributed by atoms with Crippen molar-refractivity contribution in [1.29, 1.82) is 0 Å². The van der Waals surface area contributed by atoms with Gasteiger partial charge in [0.1, 0.15) is 0 Å². The van der Waals surface area contributed by atoms with Gasteiger partial charge in [0.15, 0.2) is 0 Å². The number of carbonyl (C=O) groups excluding carboxylic acids is 1. The van der Waals surface area contributed by atoms with Crippen LogP contribution in [0.1, 0.15) is 43.0 Å². The third kappa shape index (κ3) is 6.86. The van der Waals surface area contributed by atoms with Crippen LogP contribution in [0.2, 0.25) is 0 Å². The summed E-state index contributed by atoms with van der Waals surface area (Å²) in [5, 5.41) is 32.8. The van der Waals surface area contributed by atoms with Crippen molar-refractivity contribution in [2.75, 3.05) is 0 Å². The first-order chi connectivity index (χ1) is 14.4. The zero-order valence-corrected chi connectivity index (χ0v) is 21.6. The quantitative estimate of drug-likeness (QED) is 0.471. The fraction of sp³-hybridized carbons (Fsp3) is 0.292. The van der Waals surface area contributed by atoms with Crippen LogP contribution in [0.4, 0.5) is 0 Å². The predicted molar refractivity (Wildman–Crippen MR) is 122 cm³/mol. The molecule has 0 aliphatic carbocycles. The average Bonchev–Trinajstić information content (AvgIpc) is 3.33. The van der Waals surface area contributed by atoms with Gasteiger partial charge in [-0.1, -0.05) is 62.4 Å². The van der Waals surface area contributed by atoms with Crippen LogP contribution in [0, 0.1) is 0 Å². The van der Waals surface area contributed by atoms with Gasteiger partial charge in [0.2, 0.25) is 0 Å². The number of aliphatic carboxylic acids is 1. The molecule has 0 radical (unpaired) electrons. The summed E-state index contributed by atoms with van der Waals surface area (Å²) in [6.45, 7) is 4.30. The second-order valence-corrected chi connectivity index (χ2v) is 9.47. The van der Waals surface area contributed by atoms with Crippen molar-refractivity contribution in [3.05, 3.63) is 64.4 Å². The van der Waals surface area contributed by atoms with E-state index in [-0.39, 0.29) is 36.0 Å². The van der Waals surface area contributed by atoms with Gasteiger partial charge in [-0.2, -0.15) is 0 Å². The van der Waals surface area contributed by atoms with Crippen LogP contribution in [0.15, 0.2) is 53.9 Å². The van der Waals surface area contributed by atoms with Crippen molar-refractivity contribution in [1.82, 2.24) is 0 Å². The minimum absolute atomic E-state index is 0. The molecule has 0 spiro atoms. The predicted octanol–water partition coefficient (Wildman–Crippen LogP) is 1.54. The molecule has 2 aromatic heterocycles. The van der Waals surface area contributed by atoms with E-state index in [0.29, 0.717) is 5.92 Å². The Balaban J connectivity index is 0.00000341. The zero-order chi connectivity index (χ0) is 21.7. The molecule has 1 aromatic carbocycles. The summed E-state index contributed by atoms with van der Waals surface area (Å²) >= 11 is 3.43. The minimum atomic E-state index is -1.33. The molecule has 0 bridgehead atoms. The molecular formula is C24H25NaO4S2. The van der Waals surface area contributed by atoms with Crippen LogP contribution in [-0.2, 0) is 4.79 Å². The van der Waals surface area contributed by atoms with Crippen LogP contribution in [-0.4, -0.2) is 28.4 Å². The first kappa shape index (κ1) is 26.0. The largest absolute Gasteiger partial charge is 1.00 e. The van der Waals surface area contributed by atoms with Gasteiger partial charge in [-0.05, 0) is 28.5 Å². The van der Waals surface area contributed by atoms with Gasteiger partial charge in [0.05, 0.1) is 12.2 Å². The van der Waals surface area contributed by atoms with Crippen LogP contribution in [0.5, 0.6) is 0 Å². The van der Waals surface area contributed by atoms with E-state index in [1.165, 1.54) is 9.75 Å². The molecule has 0 saturated carbocycles. The van der Waals surface area contributed by atoms with Crippen molar-refractivity contribution >= 4 is 34.7 Å². The Morgan fingerprint density at radius 2 is 1.84 bits per heavy atom. The van der Waals surface area contributed by atoms with E-state index in [1.807, 2.05) is 30.3 Å². The van der Waals surface area contributed by atoms with Gasteiger partial charge < -0.3 is 20.1 Å². The fourth-order valence-electron chi connectivity index (χ4n) is 3.35. The van der Waals surface area contributed by atoms with Gasteiger partial charge in [0.25, 0.3) is 0 Å². The Labute approximate surface area is 213 Å². The first-order valence-electron chi connectivity index (χ1n) is 9.87. The van der Waals surface area contributed by atoms with Gasteiger partial charge in [-0.3, -0.25) is 0 Å². The minimum Gasteiger partial charge on any atom is -0.550 e. The Kier molecular flexibility index (Phi) is 10.2. The number of carboxylic acid groups (broad SMARTS) is 1. The maximum Gasteiger partial charge on any atom is 1.00 e. The van der Waals surface area contributed by atoms with Gasteiger partial charge in [0, 0.05) is 39.0 Å². The summed E-state index contributed by atoms with van der Waals surface area (Å²) < 4.78 is 0. The molecular weight excluding hydrogens is 439 g/mol. The Bertz CT molecular complexity index is 994. The zero-order valence-electron chi connectivity index (χ0n) is 17.9. The normalized spacial score (nSPS) is 13.3. The molecule has 158 valence electrons. The summed E-state index contributed by atoms with van der Waals surface area (Å²) in [6, 6.07) is 14.4. The molecule has 0 aliphatic heterocycles. The van der Waals surface area contributed by atoms with Gasteiger partial charge >= 0.3 is 29.6 Å². The maximum atomic E-state index is 10.6.